The van der Waals surface area contributed by atoms with Crippen LogP contribution in [-0.2, 0) is 10.9 Å². The molecule has 8 heteroatoms. The van der Waals surface area contributed by atoms with Crippen molar-refractivity contribution in [3.8, 4) is 0 Å². The van der Waals surface area contributed by atoms with Gasteiger partial charge in [0.05, 0.1) is 6.10 Å². The number of hydrogen-bond acceptors (Lipinski definition) is 5. The molecule has 1 fully saturated rings. The molecule has 1 aromatic rings. The topological polar surface area (TPSA) is 47.0 Å². The number of halogens is 3. The molecule has 0 aliphatic carbocycles. The molecule has 1 N–H and O–H groups in total. The highest BCUT2D eigenvalue weighted by Gasteiger charge is 2.35. The molecule has 1 aromatic heterocycles. The number of alkyl halides is 3. The maximum absolute atomic E-state index is 12.2. The van der Waals surface area contributed by atoms with E-state index in [9.17, 15) is 13.2 Å². The molecule has 1 unspecified atom stereocenters. The first kappa shape index (κ1) is 11.6. The van der Waals surface area contributed by atoms with E-state index in [-0.39, 0.29) is 11.2 Å². The summed E-state index contributed by atoms with van der Waals surface area (Å²) >= 11 is 0.509. The highest BCUT2D eigenvalue weighted by molar-refractivity contribution is 7.15. The Morgan fingerprint density at radius 2 is 2.25 bits per heavy atom. The Morgan fingerprint density at radius 1 is 1.44 bits per heavy atom. The van der Waals surface area contributed by atoms with E-state index in [0.29, 0.717) is 17.9 Å². The van der Waals surface area contributed by atoms with E-state index in [2.05, 4.69) is 15.5 Å². The van der Waals surface area contributed by atoms with E-state index in [0.717, 1.165) is 19.4 Å². The van der Waals surface area contributed by atoms with Crippen molar-refractivity contribution in [2.24, 2.45) is 0 Å². The van der Waals surface area contributed by atoms with Crippen molar-refractivity contribution in [1.29, 1.82) is 0 Å². The Hall–Kier alpha value is -0.890. The number of hydrogen-bond donors (Lipinski definition) is 1. The Kier molecular flexibility index (Phi) is 3.29. The summed E-state index contributed by atoms with van der Waals surface area (Å²) in [5, 5.41) is 8.55. The van der Waals surface area contributed by atoms with Gasteiger partial charge in [-0.3, -0.25) is 0 Å². The van der Waals surface area contributed by atoms with Crippen molar-refractivity contribution >= 4 is 16.5 Å². The maximum atomic E-state index is 12.2. The summed E-state index contributed by atoms with van der Waals surface area (Å²) in [6, 6.07) is 0. The van der Waals surface area contributed by atoms with Crippen LogP contribution in [0.15, 0.2) is 0 Å². The molecule has 1 aliphatic heterocycles. The lowest BCUT2D eigenvalue weighted by Crippen LogP contribution is -2.18. The maximum Gasteiger partial charge on any atom is 0.445 e. The van der Waals surface area contributed by atoms with E-state index in [4.69, 9.17) is 4.74 Å². The number of nitrogens with one attached hydrogen (secondary N) is 1. The molecule has 0 saturated carbocycles. The van der Waals surface area contributed by atoms with Gasteiger partial charge < -0.3 is 10.1 Å². The second kappa shape index (κ2) is 4.54. The summed E-state index contributed by atoms with van der Waals surface area (Å²) in [6.45, 7) is 1.20. The van der Waals surface area contributed by atoms with Gasteiger partial charge >= 0.3 is 6.18 Å². The molecule has 0 radical (unpaired) electrons. The fourth-order valence-electron chi connectivity index (χ4n) is 1.42. The van der Waals surface area contributed by atoms with Crippen molar-refractivity contribution in [1.82, 2.24) is 10.2 Å². The fraction of sp³-hybridized carbons (Fsp3) is 0.750. The van der Waals surface area contributed by atoms with Crippen LogP contribution in [0.2, 0.25) is 0 Å². The number of aromatic nitrogens is 2. The van der Waals surface area contributed by atoms with Crippen LogP contribution in [0.5, 0.6) is 0 Å². The molecule has 4 nitrogen and oxygen atoms in total. The minimum absolute atomic E-state index is 0.0678. The van der Waals surface area contributed by atoms with Crippen LogP contribution in [0.1, 0.15) is 17.8 Å². The summed E-state index contributed by atoms with van der Waals surface area (Å²) in [5.41, 5.74) is 0. The van der Waals surface area contributed by atoms with Gasteiger partial charge in [-0.2, -0.15) is 13.2 Å². The lowest BCUT2D eigenvalue weighted by Gasteiger charge is -2.08. The predicted molar refractivity (Wildman–Crippen MR) is 52.4 cm³/mol. The zero-order valence-electron chi connectivity index (χ0n) is 8.25. The molecule has 1 atom stereocenters. The van der Waals surface area contributed by atoms with Gasteiger partial charge in [-0.25, -0.2) is 0 Å². The molecule has 2 heterocycles. The van der Waals surface area contributed by atoms with Gasteiger partial charge in [-0.15, -0.1) is 10.2 Å². The quantitative estimate of drug-likeness (QED) is 0.896. The molecule has 1 saturated heterocycles. The minimum Gasteiger partial charge on any atom is -0.376 e. The normalized spacial score (nSPS) is 21.3. The third kappa shape index (κ3) is 2.82. The van der Waals surface area contributed by atoms with Crippen molar-refractivity contribution in [2.45, 2.75) is 25.1 Å². The molecular formula is C8H10F3N3OS. The van der Waals surface area contributed by atoms with Gasteiger partial charge in [-0.05, 0) is 12.8 Å². The van der Waals surface area contributed by atoms with E-state index >= 15 is 0 Å². The largest absolute Gasteiger partial charge is 0.445 e. The fourth-order valence-corrected chi connectivity index (χ4v) is 2.03. The molecular weight excluding hydrogens is 243 g/mol. The van der Waals surface area contributed by atoms with E-state index in [1.807, 2.05) is 0 Å². The highest BCUT2D eigenvalue weighted by Crippen LogP contribution is 2.33. The van der Waals surface area contributed by atoms with Gasteiger partial charge in [0.2, 0.25) is 10.1 Å². The van der Waals surface area contributed by atoms with E-state index < -0.39 is 11.2 Å². The molecule has 0 bridgehead atoms. The van der Waals surface area contributed by atoms with Crippen molar-refractivity contribution in [3.63, 3.8) is 0 Å². The van der Waals surface area contributed by atoms with E-state index in [1.54, 1.807) is 0 Å². The highest BCUT2D eigenvalue weighted by atomic mass is 32.1. The van der Waals surface area contributed by atoms with Crippen molar-refractivity contribution in [3.05, 3.63) is 5.01 Å². The smallest absolute Gasteiger partial charge is 0.376 e. The lowest BCUT2D eigenvalue weighted by atomic mass is 10.2. The Morgan fingerprint density at radius 3 is 2.81 bits per heavy atom. The summed E-state index contributed by atoms with van der Waals surface area (Å²) < 4.78 is 41.9. The molecule has 0 amide bonds. The Labute approximate surface area is 93.8 Å². The molecule has 0 spiro atoms. The van der Waals surface area contributed by atoms with Crippen LogP contribution >= 0.6 is 11.3 Å². The van der Waals surface area contributed by atoms with Gasteiger partial charge in [0, 0.05) is 13.2 Å². The Balaban J connectivity index is 1.87. The average Bonchev–Trinajstić information content (AvgIpc) is 2.85. The first-order valence-corrected chi connectivity index (χ1v) is 5.63. The van der Waals surface area contributed by atoms with Crippen LogP contribution in [-0.4, -0.2) is 29.5 Å². The monoisotopic (exact) mass is 253 g/mol. The van der Waals surface area contributed by atoms with Crippen LogP contribution in [0, 0.1) is 0 Å². The molecule has 90 valence electrons. The zero-order valence-corrected chi connectivity index (χ0v) is 9.07. The van der Waals surface area contributed by atoms with Crippen LogP contribution in [0.25, 0.3) is 0 Å². The molecule has 0 aromatic carbocycles. The van der Waals surface area contributed by atoms with Gasteiger partial charge in [0.1, 0.15) is 0 Å². The van der Waals surface area contributed by atoms with Gasteiger partial charge in [-0.1, -0.05) is 11.3 Å². The minimum atomic E-state index is -4.42. The van der Waals surface area contributed by atoms with Gasteiger partial charge in [0.15, 0.2) is 0 Å². The van der Waals surface area contributed by atoms with Gasteiger partial charge in [0.25, 0.3) is 0 Å². The second-order valence-electron chi connectivity index (χ2n) is 3.43. The van der Waals surface area contributed by atoms with Crippen LogP contribution < -0.4 is 5.32 Å². The number of rotatable bonds is 3. The second-order valence-corrected chi connectivity index (χ2v) is 4.40. The Bertz CT molecular complexity index is 349. The number of ether oxygens (including phenoxy) is 1. The van der Waals surface area contributed by atoms with Crippen molar-refractivity contribution in [2.75, 3.05) is 18.5 Å². The first-order chi connectivity index (χ1) is 7.55. The average molecular weight is 253 g/mol. The number of anilines is 1. The standard InChI is InChI=1S/C8H10F3N3OS/c9-8(10,11)6-13-14-7(16-6)12-4-5-2-1-3-15-5/h5H,1-4H2,(H,12,14). The third-order valence-corrected chi connectivity index (χ3v) is 3.10. The lowest BCUT2D eigenvalue weighted by molar-refractivity contribution is -0.138. The molecule has 2 rings (SSSR count). The predicted octanol–water partition coefficient (Wildman–Crippen LogP) is 2.15. The van der Waals surface area contributed by atoms with E-state index in [1.165, 1.54) is 0 Å². The first-order valence-electron chi connectivity index (χ1n) is 4.82. The summed E-state index contributed by atoms with van der Waals surface area (Å²) in [5.74, 6) is 0. The molecule has 16 heavy (non-hydrogen) atoms. The third-order valence-electron chi connectivity index (χ3n) is 2.17. The summed E-state index contributed by atoms with van der Waals surface area (Å²) in [4.78, 5) is 0. The van der Waals surface area contributed by atoms with Crippen LogP contribution in [0.4, 0.5) is 18.3 Å². The summed E-state index contributed by atoms with van der Waals surface area (Å²) in [6.07, 6.45) is -2.42. The van der Waals surface area contributed by atoms with Crippen LogP contribution in [0.3, 0.4) is 0 Å². The summed E-state index contributed by atoms with van der Waals surface area (Å²) in [7, 11) is 0. The number of nitrogens with zero attached hydrogens (tertiary/aromatic N) is 2. The molecule has 1 aliphatic rings. The SMILES string of the molecule is FC(F)(F)c1nnc(NCC2CCCO2)s1. The zero-order chi connectivity index (χ0) is 11.6. The van der Waals surface area contributed by atoms with Crippen molar-refractivity contribution < 1.29 is 17.9 Å².